The zero-order valence-electron chi connectivity index (χ0n) is 14.7. The monoisotopic (exact) mass is 365 g/mol. The molecule has 3 aromatic rings. The Bertz CT molecular complexity index is 979. The number of rotatable bonds is 6. The quantitative estimate of drug-likeness (QED) is 0.533. The average molecular weight is 365 g/mol. The first kappa shape index (κ1) is 18.0. The predicted molar refractivity (Wildman–Crippen MR) is 100 cm³/mol. The lowest BCUT2D eigenvalue weighted by atomic mass is 10.1. The molecular formula is C19H19N5O3. The molecule has 0 fully saturated rings. The maximum Gasteiger partial charge on any atom is 0.312 e. The number of primary amides is 2. The summed E-state index contributed by atoms with van der Waals surface area (Å²) in [6.45, 7) is 2.14. The fourth-order valence-electron chi connectivity index (χ4n) is 2.56. The largest absolute Gasteiger partial charge is 0.453 e. The summed E-state index contributed by atoms with van der Waals surface area (Å²) in [7, 11) is 0. The Hall–Kier alpha value is -3.81. The molecule has 6 N–H and O–H groups in total. The number of aromatic amines is 1. The highest BCUT2D eigenvalue weighted by molar-refractivity contribution is 5.93. The van der Waals surface area contributed by atoms with Crippen LogP contribution in [0, 0.1) is 6.92 Å². The van der Waals surface area contributed by atoms with Gasteiger partial charge in [0.1, 0.15) is 11.4 Å². The van der Waals surface area contributed by atoms with Crippen LogP contribution >= 0.6 is 0 Å². The van der Waals surface area contributed by atoms with Gasteiger partial charge in [-0.2, -0.15) is 5.10 Å². The summed E-state index contributed by atoms with van der Waals surface area (Å²) in [5, 5.41) is 9.49. The van der Waals surface area contributed by atoms with Gasteiger partial charge in [0.05, 0.1) is 6.20 Å². The lowest BCUT2D eigenvalue weighted by molar-refractivity contribution is 0.1000. The van der Waals surface area contributed by atoms with Crippen LogP contribution in [0.1, 0.15) is 21.5 Å². The fourth-order valence-corrected chi connectivity index (χ4v) is 2.56. The van der Waals surface area contributed by atoms with Gasteiger partial charge >= 0.3 is 6.03 Å². The van der Waals surface area contributed by atoms with Crippen molar-refractivity contribution in [1.82, 2.24) is 15.5 Å². The van der Waals surface area contributed by atoms with Gasteiger partial charge in [-0.25, -0.2) is 4.79 Å². The minimum atomic E-state index is -0.668. The zero-order valence-corrected chi connectivity index (χ0v) is 14.7. The normalized spacial score (nSPS) is 10.4. The topological polar surface area (TPSA) is 136 Å². The molecule has 0 radical (unpaired) electrons. The lowest BCUT2D eigenvalue weighted by Crippen LogP contribution is -2.28. The molecule has 0 aliphatic rings. The molecule has 0 atom stereocenters. The first-order valence-corrected chi connectivity index (χ1v) is 8.18. The van der Waals surface area contributed by atoms with E-state index in [1.807, 2.05) is 31.2 Å². The molecule has 138 valence electrons. The van der Waals surface area contributed by atoms with Crippen LogP contribution in [0.4, 0.5) is 4.79 Å². The third-order valence-electron chi connectivity index (χ3n) is 3.88. The average Bonchev–Trinajstić information content (AvgIpc) is 3.08. The Morgan fingerprint density at radius 3 is 2.56 bits per heavy atom. The molecule has 3 rings (SSSR count). The van der Waals surface area contributed by atoms with Crippen LogP contribution in [0.2, 0.25) is 0 Å². The SMILES string of the molecule is Cc1ccc(-c2n[nH]cc2Oc2cc(CNC(N)=O)cc(C(N)=O)c2)cc1. The number of carbonyl (C=O) groups is 2. The van der Waals surface area contributed by atoms with Crippen molar-refractivity contribution in [3.8, 4) is 22.8 Å². The first-order valence-electron chi connectivity index (χ1n) is 8.18. The second-order valence-electron chi connectivity index (χ2n) is 6.01. The van der Waals surface area contributed by atoms with Gasteiger partial charge in [0, 0.05) is 17.7 Å². The second kappa shape index (κ2) is 7.61. The lowest BCUT2D eigenvalue weighted by Gasteiger charge is -2.10. The van der Waals surface area contributed by atoms with Crippen molar-refractivity contribution in [2.75, 3.05) is 0 Å². The summed E-state index contributed by atoms with van der Waals surface area (Å²) in [5.41, 5.74) is 14.0. The molecule has 1 heterocycles. The van der Waals surface area contributed by atoms with Gasteiger partial charge in [-0.3, -0.25) is 9.89 Å². The highest BCUT2D eigenvalue weighted by Gasteiger charge is 2.13. The van der Waals surface area contributed by atoms with Gasteiger partial charge in [0.15, 0.2) is 5.75 Å². The number of nitrogens with one attached hydrogen (secondary N) is 2. The summed E-state index contributed by atoms with van der Waals surface area (Å²) in [6.07, 6.45) is 1.62. The molecular weight excluding hydrogens is 346 g/mol. The molecule has 2 aromatic carbocycles. The van der Waals surface area contributed by atoms with Crippen molar-refractivity contribution < 1.29 is 14.3 Å². The maximum absolute atomic E-state index is 11.6. The Morgan fingerprint density at radius 2 is 1.89 bits per heavy atom. The molecule has 0 unspecified atom stereocenters. The molecule has 27 heavy (non-hydrogen) atoms. The molecule has 0 aliphatic heterocycles. The number of hydrogen-bond acceptors (Lipinski definition) is 4. The molecule has 0 spiro atoms. The van der Waals surface area contributed by atoms with E-state index < -0.39 is 11.9 Å². The maximum atomic E-state index is 11.6. The van der Waals surface area contributed by atoms with Gasteiger partial charge in [-0.1, -0.05) is 29.8 Å². The predicted octanol–water partition coefficient (Wildman–Crippen LogP) is 2.44. The van der Waals surface area contributed by atoms with Gasteiger partial charge < -0.3 is 21.5 Å². The Labute approximate surface area is 155 Å². The molecule has 0 saturated heterocycles. The van der Waals surface area contributed by atoms with Gasteiger partial charge in [0.2, 0.25) is 5.91 Å². The number of nitrogens with zero attached hydrogens (tertiary/aromatic N) is 1. The number of ether oxygens (including phenoxy) is 1. The van der Waals surface area contributed by atoms with Crippen molar-refractivity contribution in [3.05, 3.63) is 65.4 Å². The summed E-state index contributed by atoms with van der Waals surface area (Å²) >= 11 is 0. The van der Waals surface area contributed by atoms with Gasteiger partial charge in [0.25, 0.3) is 0 Å². The molecule has 8 heteroatoms. The van der Waals surface area contributed by atoms with E-state index in [2.05, 4.69) is 15.5 Å². The third kappa shape index (κ3) is 4.43. The van der Waals surface area contributed by atoms with E-state index in [0.717, 1.165) is 11.1 Å². The highest BCUT2D eigenvalue weighted by atomic mass is 16.5. The number of H-pyrrole nitrogens is 1. The van der Waals surface area contributed by atoms with E-state index in [-0.39, 0.29) is 12.1 Å². The standard InChI is InChI=1S/C19H19N5O3/c1-11-2-4-13(5-3-11)17-16(10-23-24-17)27-15-7-12(9-22-19(21)26)6-14(8-15)18(20)25/h2-8,10H,9H2,1H3,(H2,20,25)(H,23,24)(H3,21,22,26). The van der Waals surface area contributed by atoms with Crippen molar-refractivity contribution in [3.63, 3.8) is 0 Å². The van der Waals surface area contributed by atoms with Crippen LogP contribution in [0.5, 0.6) is 11.5 Å². The van der Waals surface area contributed by atoms with E-state index in [1.54, 1.807) is 18.3 Å². The van der Waals surface area contributed by atoms with Crippen molar-refractivity contribution >= 4 is 11.9 Å². The van der Waals surface area contributed by atoms with E-state index >= 15 is 0 Å². The second-order valence-corrected chi connectivity index (χ2v) is 6.01. The van der Waals surface area contributed by atoms with E-state index in [0.29, 0.717) is 22.8 Å². The minimum absolute atomic E-state index is 0.142. The molecule has 3 amide bonds. The molecule has 0 saturated carbocycles. The van der Waals surface area contributed by atoms with E-state index in [9.17, 15) is 9.59 Å². The van der Waals surface area contributed by atoms with Crippen LogP contribution in [0.3, 0.4) is 0 Å². The number of hydrogen-bond donors (Lipinski definition) is 4. The van der Waals surface area contributed by atoms with Crippen LogP contribution in [0.15, 0.2) is 48.7 Å². The van der Waals surface area contributed by atoms with Crippen molar-refractivity contribution in [2.24, 2.45) is 11.5 Å². The highest BCUT2D eigenvalue weighted by Crippen LogP contribution is 2.32. The third-order valence-corrected chi connectivity index (χ3v) is 3.88. The van der Waals surface area contributed by atoms with Crippen molar-refractivity contribution in [1.29, 1.82) is 0 Å². The van der Waals surface area contributed by atoms with Gasteiger partial charge in [-0.15, -0.1) is 0 Å². The fraction of sp³-hybridized carbons (Fsp3) is 0.105. The van der Waals surface area contributed by atoms with Crippen LogP contribution in [0.25, 0.3) is 11.3 Å². The van der Waals surface area contributed by atoms with Crippen LogP contribution in [-0.2, 0) is 6.54 Å². The summed E-state index contributed by atoms with van der Waals surface area (Å²) in [4.78, 5) is 22.5. The summed E-state index contributed by atoms with van der Waals surface area (Å²) in [6, 6.07) is 12.0. The Morgan fingerprint density at radius 1 is 1.15 bits per heavy atom. The Balaban J connectivity index is 1.91. The zero-order chi connectivity index (χ0) is 19.4. The van der Waals surface area contributed by atoms with Crippen molar-refractivity contribution in [2.45, 2.75) is 13.5 Å². The molecule has 0 aliphatic carbocycles. The van der Waals surface area contributed by atoms with Crippen LogP contribution < -0.4 is 21.5 Å². The number of amides is 3. The minimum Gasteiger partial charge on any atom is -0.453 e. The number of aromatic nitrogens is 2. The van der Waals surface area contributed by atoms with E-state index in [4.69, 9.17) is 16.2 Å². The Kier molecular flexibility index (Phi) is 5.07. The number of aryl methyl sites for hydroxylation is 1. The number of urea groups is 1. The smallest absolute Gasteiger partial charge is 0.312 e. The summed E-state index contributed by atoms with van der Waals surface area (Å²) in [5.74, 6) is 0.281. The van der Waals surface area contributed by atoms with Crippen LogP contribution in [-0.4, -0.2) is 22.1 Å². The molecule has 1 aromatic heterocycles. The van der Waals surface area contributed by atoms with Gasteiger partial charge in [-0.05, 0) is 30.7 Å². The summed E-state index contributed by atoms with van der Waals surface area (Å²) < 4.78 is 5.93. The molecule has 0 bridgehead atoms. The van der Waals surface area contributed by atoms with E-state index in [1.165, 1.54) is 6.07 Å². The number of benzene rings is 2. The first-order chi connectivity index (χ1) is 12.9. The molecule has 8 nitrogen and oxygen atoms in total. The number of carbonyl (C=O) groups excluding carboxylic acids is 2. The number of nitrogens with two attached hydrogens (primary N) is 2.